The molecule has 0 fully saturated rings. The lowest BCUT2D eigenvalue weighted by Crippen LogP contribution is -2.41. The normalized spacial score (nSPS) is 13.9. The first-order valence-corrected chi connectivity index (χ1v) is 9.12. The van der Waals surface area contributed by atoms with Crippen LogP contribution in [0.15, 0.2) is 36.2 Å². The van der Waals surface area contributed by atoms with Gasteiger partial charge in [-0.1, -0.05) is 11.6 Å². The number of amides is 2. The lowest BCUT2D eigenvalue weighted by molar-refractivity contribution is -0.138. The maximum atomic E-state index is 12.4. The summed E-state index contributed by atoms with van der Waals surface area (Å²) >= 11 is 0. The zero-order valence-corrected chi connectivity index (χ0v) is 15.4. The van der Waals surface area contributed by atoms with Gasteiger partial charge in [-0.15, -0.1) is 0 Å². The molecule has 0 unspecified atom stereocenters. The van der Waals surface area contributed by atoms with Crippen LogP contribution in [0.1, 0.15) is 44.6 Å². The second-order valence-corrected chi connectivity index (χ2v) is 6.72. The van der Waals surface area contributed by atoms with Gasteiger partial charge < -0.3 is 9.80 Å². The van der Waals surface area contributed by atoms with Crippen LogP contribution in [0.2, 0.25) is 0 Å². The maximum absolute atomic E-state index is 12.4. The van der Waals surface area contributed by atoms with Crippen LogP contribution < -0.4 is 0 Å². The molecule has 1 aromatic heterocycles. The van der Waals surface area contributed by atoms with E-state index in [-0.39, 0.29) is 18.4 Å². The van der Waals surface area contributed by atoms with E-state index in [0.29, 0.717) is 13.1 Å². The van der Waals surface area contributed by atoms with Gasteiger partial charge in [0.1, 0.15) is 0 Å². The summed E-state index contributed by atoms with van der Waals surface area (Å²) in [5.41, 5.74) is 2.58. The molecular formula is C20H29N3O2. The number of hydrogen-bond acceptors (Lipinski definition) is 3. The Morgan fingerprint density at radius 3 is 2.52 bits per heavy atom. The van der Waals surface area contributed by atoms with Crippen LogP contribution in [-0.2, 0) is 16.0 Å². The largest absolute Gasteiger partial charge is 0.344 e. The fourth-order valence-corrected chi connectivity index (χ4v) is 3.01. The van der Waals surface area contributed by atoms with Crippen molar-refractivity contribution in [3.63, 3.8) is 0 Å². The fraction of sp³-hybridized carbons (Fsp3) is 0.550. The number of hydrogen-bond donors (Lipinski definition) is 0. The van der Waals surface area contributed by atoms with Gasteiger partial charge in [-0.3, -0.25) is 14.6 Å². The summed E-state index contributed by atoms with van der Waals surface area (Å²) in [6.45, 7) is 2.97. The number of carbonyl (C=O) groups is 2. The molecule has 0 aromatic carbocycles. The summed E-state index contributed by atoms with van der Waals surface area (Å²) in [5.74, 6) is -0.0471. The smallest absolute Gasteiger partial charge is 0.241 e. The standard InChI is InChI=1S/C20H29N3O2/c1-17(24)23(15-11-18-6-4-3-5-7-18)16-20(25)22(2)14-10-19-8-12-21-13-9-19/h6,8-9,12-13H,3-5,7,10-11,14-16H2,1-2H3. The third kappa shape index (κ3) is 6.69. The fourth-order valence-electron chi connectivity index (χ4n) is 3.01. The van der Waals surface area contributed by atoms with Crippen molar-refractivity contribution in [3.05, 3.63) is 41.7 Å². The first-order valence-electron chi connectivity index (χ1n) is 9.12. The van der Waals surface area contributed by atoms with Crippen molar-refractivity contribution in [2.24, 2.45) is 0 Å². The molecule has 1 heterocycles. The molecule has 25 heavy (non-hydrogen) atoms. The van der Waals surface area contributed by atoms with Gasteiger partial charge >= 0.3 is 0 Å². The van der Waals surface area contributed by atoms with Crippen LogP contribution in [-0.4, -0.2) is 53.3 Å². The molecule has 0 aliphatic heterocycles. The molecule has 2 amide bonds. The van der Waals surface area contributed by atoms with Gasteiger partial charge in [0.25, 0.3) is 0 Å². The van der Waals surface area contributed by atoms with Gasteiger partial charge in [0.05, 0.1) is 6.54 Å². The molecule has 0 saturated heterocycles. The van der Waals surface area contributed by atoms with Gasteiger partial charge in [0.2, 0.25) is 11.8 Å². The maximum Gasteiger partial charge on any atom is 0.241 e. The van der Waals surface area contributed by atoms with Crippen molar-refractivity contribution in [1.29, 1.82) is 0 Å². The number of rotatable bonds is 8. The summed E-state index contributed by atoms with van der Waals surface area (Å²) in [7, 11) is 1.80. The highest BCUT2D eigenvalue weighted by Crippen LogP contribution is 2.20. The van der Waals surface area contributed by atoms with E-state index < -0.39 is 0 Å². The predicted molar refractivity (Wildman–Crippen MR) is 99.0 cm³/mol. The number of carbonyl (C=O) groups excluding carboxylic acids is 2. The number of pyridine rings is 1. The Hall–Kier alpha value is -2.17. The van der Waals surface area contributed by atoms with Crippen molar-refractivity contribution in [1.82, 2.24) is 14.8 Å². The second kappa shape index (κ2) is 9.97. The molecule has 0 radical (unpaired) electrons. The monoisotopic (exact) mass is 343 g/mol. The molecule has 1 aliphatic rings. The molecule has 2 rings (SSSR count). The molecule has 1 aromatic rings. The number of aromatic nitrogens is 1. The minimum atomic E-state index is -0.0349. The quantitative estimate of drug-likeness (QED) is 0.682. The first kappa shape index (κ1) is 19.2. The van der Waals surface area contributed by atoms with E-state index in [1.54, 1.807) is 36.2 Å². The molecule has 136 valence electrons. The van der Waals surface area contributed by atoms with Gasteiger partial charge in [-0.25, -0.2) is 0 Å². The van der Waals surface area contributed by atoms with Crippen LogP contribution in [0.5, 0.6) is 0 Å². The average molecular weight is 343 g/mol. The van der Waals surface area contributed by atoms with Gasteiger partial charge in [-0.05, 0) is 56.2 Å². The molecule has 0 saturated carbocycles. The lowest BCUT2D eigenvalue weighted by Gasteiger charge is -2.25. The zero-order valence-electron chi connectivity index (χ0n) is 15.4. The summed E-state index contributed by atoms with van der Waals surface area (Å²) in [5, 5.41) is 0. The molecule has 0 spiro atoms. The first-order chi connectivity index (χ1) is 12.1. The Kier molecular flexibility index (Phi) is 7.64. The molecule has 0 atom stereocenters. The Bertz CT molecular complexity index is 598. The van der Waals surface area contributed by atoms with Crippen LogP contribution >= 0.6 is 0 Å². The van der Waals surface area contributed by atoms with E-state index >= 15 is 0 Å². The number of likely N-dealkylation sites (N-methyl/N-ethyl adjacent to an activating group) is 1. The Morgan fingerprint density at radius 1 is 1.12 bits per heavy atom. The molecule has 0 N–H and O–H groups in total. The van der Waals surface area contributed by atoms with E-state index in [1.807, 2.05) is 12.1 Å². The summed E-state index contributed by atoms with van der Waals surface area (Å²) in [4.78, 5) is 31.7. The minimum Gasteiger partial charge on any atom is -0.344 e. The van der Waals surface area contributed by atoms with Crippen molar-refractivity contribution in [3.8, 4) is 0 Å². The molecule has 1 aliphatic carbocycles. The predicted octanol–water partition coefficient (Wildman–Crippen LogP) is 2.82. The average Bonchev–Trinajstić information content (AvgIpc) is 2.64. The van der Waals surface area contributed by atoms with Crippen molar-refractivity contribution >= 4 is 11.8 Å². The highest BCUT2D eigenvalue weighted by atomic mass is 16.2. The number of nitrogens with zero attached hydrogens (tertiary/aromatic N) is 3. The van der Waals surface area contributed by atoms with Crippen LogP contribution in [0.25, 0.3) is 0 Å². The van der Waals surface area contributed by atoms with E-state index in [1.165, 1.54) is 18.4 Å². The van der Waals surface area contributed by atoms with E-state index in [2.05, 4.69) is 11.1 Å². The molecular weight excluding hydrogens is 314 g/mol. The SMILES string of the molecule is CC(=O)N(CCC1=CCCCC1)CC(=O)N(C)CCc1ccncc1. The van der Waals surface area contributed by atoms with Crippen LogP contribution in [0.3, 0.4) is 0 Å². The summed E-state index contributed by atoms with van der Waals surface area (Å²) in [6.07, 6.45) is 12.3. The Labute approximate surface area is 150 Å². The van der Waals surface area contributed by atoms with Crippen molar-refractivity contribution in [2.45, 2.75) is 45.4 Å². The Morgan fingerprint density at radius 2 is 1.88 bits per heavy atom. The highest BCUT2D eigenvalue weighted by molar-refractivity contribution is 5.83. The van der Waals surface area contributed by atoms with E-state index in [9.17, 15) is 9.59 Å². The van der Waals surface area contributed by atoms with Gasteiger partial charge in [-0.2, -0.15) is 0 Å². The van der Waals surface area contributed by atoms with Crippen molar-refractivity contribution < 1.29 is 9.59 Å². The van der Waals surface area contributed by atoms with Gasteiger partial charge in [0, 0.05) is 39.5 Å². The van der Waals surface area contributed by atoms with E-state index in [4.69, 9.17) is 0 Å². The highest BCUT2D eigenvalue weighted by Gasteiger charge is 2.17. The second-order valence-electron chi connectivity index (χ2n) is 6.72. The lowest BCUT2D eigenvalue weighted by atomic mass is 9.97. The molecule has 5 nitrogen and oxygen atoms in total. The zero-order chi connectivity index (χ0) is 18.1. The van der Waals surface area contributed by atoms with Crippen LogP contribution in [0.4, 0.5) is 0 Å². The van der Waals surface area contributed by atoms with Gasteiger partial charge in [0.15, 0.2) is 0 Å². The van der Waals surface area contributed by atoms with E-state index in [0.717, 1.165) is 31.2 Å². The summed E-state index contributed by atoms with van der Waals surface area (Å²) in [6, 6.07) is 3.91. The molecule has 5 heteroatoms. The number of allylic oxidation sites excluding steroid dienone is 1. The third-order valence-corrected chi connectivity index (χ3v) is 4.77. The Balaban J connectivity index is 1.79. The topological polar surface area (TPSA) is 53.5 Å². The third-order valence-electron chi connectivity index (χ3n) is 4.77. The van der Waals surface area contributed by atoms with Crippen molar-refractivity contribution in [2.75, 3.05) is 26.7 Å². The molecule has 0 bridgehead atoms. The summed E-state index contributed by atoms with van der Waals surface area (Å²) < 4.78 is 0. The minimum absolute atomic E-state index is 0.0121. The van der Waals surface area contributed by atoms with Crippen LogP contribution in [0, 0.1) is 0 Å².